The number of halogens is 3. The Hall–Kier alpha value is -1.37. The number of benzene rings is 1. The number of para-hydroxylation sites is 1. The fourth-order valence-electron chi connectivity index (χ4n) is 2.10. The third kappa shape index (κ3) is 3.56. The van der Waals surface area contributed by atoms with E-state index in [9.17, 15) is 13.2 Å². The monoisotopic (exact) mass is 290 g/mol. The molecule has 1 aliphatic rings. The van der Waals surface area contributed by atoms with E-state index in [2.05, 4.69) is 5.16 Å². The molecule has 0 spiro atoms. The highest BCUT2D eigenvalue weighted by Crippen LogP contribution is 2.32. The zero-order valence-electron chi connectivity index (χ0n) is 10.0. The normalized spacial score (nSPS) is 17.6. The molecule has 0 radical (unpaired) electrons. The zero-order chi connectivity index (χ0) is 13.9. The van der Waals surface area contributed by atoms with Gasteiger partial charge in [0.25, 0.3) is 0 Å². The van der Waals surface area contributed by atoms with Gasteiger partial charge in [0.2, 0.25) is 0 Å². The van der Waals surface area contributed by atoms with Gasteiger partial charge in [0, 0.05) is 36.5 Å². The number of nitrogens with zero attached hydrogens (tertiary/aromatic N) is 2. The van der Waals surface area contributed by atoms with Gasteiger partial charge >= 0.3 is 5.51 Å². The van der Waals surface area contributed by atoms with Crippen molar-refractivity contribution in [1.29, 1.82) is 0 Å². The molecule has 0 saturated heterocycles. The molecule has 0 fully saturated rings. The number of hydrogen-bond acceptors (Lipinski definition) is 4. The van der Waals surface area contributed by atoms with Crippen molar-refractivity contribution < 1.29 is 18.4 Å². The Kier molecular flexibility index (Phi) is 4.24. The highest BCUT2D eigenvalue weighted by molar-refractivity contribution is 8.00. The van der Waals surface area contributed by atoms with Crippen molar-refractivity contribution >= 4 is 23.2 Å². The van der Waals surface area contributed by atoms with Crippen LogP contribution < -0.4 is 4.90 Å². The fourth-order valence-corrected chi connectivity index (χ4v) is 2.64. The largest absolute Gasteiger partial charge is 0.441 e. The summed E-state index contributed by atoms with van der Waals surface area (Å²) < 4.78 is 36.3. The molecule has 1 N–H and O–H groups in total. The van der Waals surface area contributed by atoms with Gasteiger partial charge < -0.3 is 10.1 Å². The van der Waals surface area contributed by atoms with E-state index in [0.29, 0.717) is 25.2 Å². The summed E-state index contributed by atoms with van der Waals surface area (Å²) in [6, 6.07) is 7.28. The first-order valence-electron chi connectivity index (χ1n) is 5.77. The SMILES string of the molecule is O/N=C1/CCN(CCSC(F)(F)F)c2ccccc21. The Morgan fingerprint density at radius 3 is 2.74 bits per heavy atom. The van der Waals surface area contributed by atoms with E-state index in [0.717, 1.165) is 11.3 Å². The molecule has 3 nitrogen and oxygen atoms in total. The molecule has 1 heterocycles. The van der Waals surface area contributed by atoms with Crippen LogP contribution in [0.4, 0.5) is 18.9 Å². The van der Waals surface area contributed by atoms with Gasteiger partial charge in [0.1, 0.15) is 0 Å². The first kappa shape index (κ1) is 14.0. The molecule has 0 saturated carbocycles. The van der Waals surface area contributed by atoms with Gasteiger partial charge in [-0.3, -0.25) is 0 Å². The van der Waals surface area contributed by atoms with Crippen LogP contribution in [-0.4, -0.2) is 35.3 Å². The summed E-state index contributed by atoms with van der Waals surface area (Å²) in [7, 11) is 0. The Labute approximate surface area is 113 Å². The number of fused-ring (bicyclic) bond motifs is 1. The molecule has 0 bridgehead atoms. The maximum Gasteiger partial charge on any atom is 0.441 e. The van der Waals surface area contributed by atoms with Crippen LogP contribution in [0.15, 0.2) is 29.4 Å². The predicted octanol–water partition coefficient (Wildman–Crippen LogP) is 3.33. The summed E-state index contributed by atoms with van der Waals surface area (Å²) in [5.74, 6) is -0.0105. The van der Waals surface area contributed by atoms with Crippen LogP contribution >= 0.6 is 11.8 Å². The van der Waals surface area contributed by atoms with Crippen molar-refractivity contribution in [2.75, 3.05) is 23.7 Å². The van der Waals surface area contributed by atoms with Crippen LogP contribution in [0, 0.1) is 0 Å². The molecule has 2 rings (SSSR count). The number of hydrogen-bond donors (Lipinski definition) is 1. The second-order valence-corrected chi connectivity index (χ2v) is 5.25. The van der Waals surface area contributed by atoms with Gasteiger partial charge in [0.05, 0.1) is 5.71 Å². The minimum Gasteiger partial charge on any atom is -0.411 e. The Bertz CT molecular complexity index is 476. The maximum atomic E-state index is 12.1. The van der Waals surface area contributed by atoms with E-state index in [1.807, 2.05) is 29.2 Å². The van der Waals surface area contributed by atoms with Crippen LogP contribution in [0.3, 0.4) is 0 Å². The number of oxime groups is 1. The molecule has 0 aliphatic carbocycles. The number of thioether (sulfide) groups is 1. The van der Waals surface area contributed by atoms with Gasteiger partial charge in [-0.05, 0) is 17.8 Å². The lowest BCUT2D eigenvalue weighted by atomic mass is 10.00. The van der Waals surface area contributed by atoms with E-state index in [1.165, 1.54) is 0 Å². The molecule has 0 amide bonds. The average Bonchev–Trinajstić information content (AvgIpc) is 2.37. The van der Waals surface area contributed by atoms with Crippen LogP contribution in [0.1, 0.15) is 12.0 Å². The van der Waals surface area contributed by atoms with Crippen molar-refractivity contribution in [1.82, 2.24) is 0 Å². The van der Waals surface area contributed by atoms with Crippen molar-refractivity contribution in [3.63, 3.8) is 0 Å². The van der Waals surface area contributed by atoms with Crippen LogP contribution in [0.25, 0.3) is 0 Å². The summed E-state index contributed by atoms with van der Waals surface area (Å²) in [6.07, 6.45) is 0.532. The average molecular weight is 290 g/mol. The summed E-state index contributed by atoms with van der Waals surface area (Å²) >= 11 is -0.0129. The minimum atomic E-state index is -4.19. The quantitative estimate of drug-likeness (QED) is 0.685. The summed E-state index contributed by atoms with van der Waals surface area (Å²) in [6.45, 7) is 0.884. The lowest BCUT2D eigenvalue weighted by Gasteiger charge is -2.31. The molecular weight excluding hydrogens is 277 g/mol. The van der Waals surface area contributed by atoms with E-state index in [1.54, 1.807) is 0 Å². The fraction of sp³-hybridized carbons (Fsp3) is 0.417. The molecule has 0 aromatic heterocycles. The first-order chi connectivity index (χ1) is 9.01. The Morgan fingerprint density at radius 2 is 2.05 bits per heavy atom. The van der Waals surface area contributed by atoms with Crippen LogP contribution in [0.5, 0.6) is 0 Å². The first-order valence-corrected chi connectivity index (χ1v) is 6.76. The molecule has 1 aromatic rings. The highest BCUT2D eigenvalue weighted by atomic mass is 32.2. The molecular formula is C12H13F3N2OS. The summed E-state index contributed by atoms with van der Waals surface area (Å²) in [5, 5.41) is 12.2. The molecule has 0 unspecified atom stereocenters. The topological polar surface area (TPSA) is 35.8 Å². The summed E-state index contributed by atoms with van der Waals surface area (Å²) in [5.41, 5.74) is -2.00. The predicted molar refractivity (Wildman–Crippen MR) is 70.1 cm³/mol. The van der Waals surface area contributed by atoms with Gasteiger partial charge in [-0.25, -0.2) is 0 Å². The Balaban J connectivity index is 2.08. The lowest BCUT2D eigenvalue weighted by molar-refractivity contribution is -0.0327. The molecule has 1 aromatic carbocycles. The standard InChI is InChI=1S/C12H13F3N2OS/c13-12(14,15)19-8-7-17-6-5-10(16-18)9-3-1-2-4-11(9)17/h1-4,18H,5-8H2/b16-10-. The van der Waals surface area contributed by atoms with Crippen molar-refractivity contribution in [3.05, 3.63) is 29.8 Å². The number of rotatable bonds is 3. The highest BCUT2D eigenvalue weighted by Gasteiger charge is 2.29. The molecule has 19 heavy (non-hydrogen) atoms. The van der Waals surface area contributed by atoms with E-state index < -0.39 is 5.51 Å². The van der Waals surface area contributed by atoms with Crippen LogP contribution in [-0.2, 0) is 0 Å². The molecule has 0 atom stereocenters. The van der Waals surface area contributed by atoms with Gasteiger partial charge in [0.15, 0.2) is 0 Å². The minimum absolute atomic E-state index is 0.0105. The summed E-state index contributed by atoms with van der Waals surface area (Å²) in [4.78, 5) is 1.89. The third-order valence-corrected chi connectivity index (χ3v) is 3.64. The second-order valence-electron chi connectivity index (χ2n) is 4.10. The van der Waals surface area contributed by atoms with Gasteiger partial charge in [-0.15, -0.1) is 0 Å². The zero-order valence-corrected chi connectivity index (χ0v) is 10.8. The lowest BCUT2D eigenvalue weighted by Crippen LogP contribution is -2.34. The van der Waals surface area contributed by atoms with E-state index >= 15 is 0 Å². The van der Waals surface area contributed by atoms with E-state index in [4.69, 9.17) is 5.21 Å². The molecule has 104 valence electrons. The van der Waals surface area contributed by atoms with Gasteiger partial charge in [-0.1, -0.05) is 23.4 Å². The van der Waals surface area contributed by atoms with Crippen molar-refractivity contribution in [2.24, 2.45) is 5.16 Å². The second kappa shape index (κ2) is 5.73. The number of anilines is 1. The third-order valence-electron chi connectivity index (χ3n) is 2.92. The number of alkyl halides is 3. The Morgan fingerprint density at radius 1 is 1.32 bits per heavy atom. The van der Waals surface area contributed by atoms with E-state index in [-0.39, 0.29) is 17.5 Å². The van der Waals surface area contributed by atoms with Crippen molar-refractivity contribution in [3.8, 4) is 0 Å². The van der Waals surface area contributed by atoms with Gasteiger partial charge in [-0.2, -0.15) is 13.2 Å². The maximum absolute atomic E-state index is 12.1. The van der Waals surface area contributed by atoms with Crippen molar-refractivity contribution in [2.45, 2.75) is 11.9 Å². The molecule has 1 aliphatic heterocycles. The molecule has 7 heteroatoms. The smallest absolute Gasteiger partial charge is 0.411 e. The van der Waals surface area contributed by atoms with Crippen LogP contribution in [0.2, 0.25) is 0 Å².